The third kappa shape index (κ3) is 2.76. The topological polar surface area (TPSA) is 73.2 Å². The Morgan fingerprint density at radius 2 is 1.72 bits per heavy atom. The van der Waals surface area contributed by atoms with Gasteiger partial charge in [-0.15, -0.1) is 0 Å². The maximum atomic E-state index is 12.4. The summed E-state index contributed by atoms with van der Waals surface area (Å²) in [6.07, 6.45) is 9.20. The fourth-order valence-corrected chi connectivity index (χ4v) is 8.45. The molecule has 3 fully saturated rings. The summed E-state index contributed by atoms with van der Waals surface area (Å²) in [4.78, 5) is 0. The molecule has 0 unspecified atom stereocenters. The lowest BCUT2D eigenvalue weighted by Gasteiger charge is -2.57. The molecule has 3 N–H and O–H groups in total. The molecule has 4 nitrogen and oxygen atoms in total. The lowest BCUT2D eigenvalue weighted by Crippen LogP contribution is -2.60. The Kier molecular flexibility index (Phi) is 5.17. The van der Waals surface area contributed by atoms with Crippen molar-refractivity contribution in [2.24, 2.45) is 34.5 Å². The average molecular weight is 445 g/mol. The van der Waals surface area contributed by atoms with Gasteiger partial charge in [0.05, 0.1) is 11.7 Å². The molecule has 5 aliphatic rings. The minimum absolute atomic E-state index is 0.182. The molecule has 0 radical (unpaired) electrons. The monoisotopic (exact) mass is 444 g/mol. The van der Waals surface area contributed by atoms with Crippen molar-refractivity contribution in [1.29, 1.82) is 0 Å². The minimum Gasteiger partial charge on any atom is -0.393 e. The second-order valence-electron chi connectivity index (χ2n) is 12.8. The maximum Gasteiger partial charge on any atom is 0.118 e. The van der Waals surface area contributed by atoms with Crippen LogP contribution in [0.1, 0.15) is 86.5 Å². The highest BCUT2D eigenvalue weighted by atomic mass is 16.6. The van der Waals surface area contributed by atoms with Crippen molar-refractivity contribution in [2.45, 2.75) is 116 Å². The second kappa shape index (κ2) is 7.16. The summed E-state index contributed by atoms with van der Waals surface area (Å²) < 4.78 is 6.26. The summed E-state index contributed by atoms with van der Waals surface area (Å²) >= 11 is 0. The molecule has 4 heteroatoms. The summed E-state index contributed by atoms with van der Waals surface area (Å²) in [5.74, 6) is 1.97. The summed E-state index contributed by atoms with van der Waals surface area (Å²) in [6, 6.07) is 0. The molecule has 2 saturated carbocycles. The number of aliphatic hydroxyl groups excluding tert-OH is 2. The molecule has 1 saturated heterocycles. The van der Waals surface area contributed by atoms with Crippen LogP contribution in [0.15, 0.2) is 23.3 Å². The zero-order chi connectivity index (χ0) is 23.3. The van der Waals surface area contributed by atoms with E-state index in [2.05, 4.69) is 53.7 Å². The lowest BCUT2D eigenvalue weighted by molar-refractivity contribution is -0.0834. The number of epoxide rings is 1. The van der Waals surface area contributed by atoms with Crippen LogP contribution in [0.2, 0.25) is 0 Å². The van der Waals surface area contributed by atoms with E-state index in [9.17, 15) is 15.3 Å². The highest BCUT2D eigenvalue weighted by Gasteiger charge is 2.77. The van der Waals surface area contributed by atoms with Crippen molar-refractivity contribution in [1.82, 2.24) is 0 Å². The summed E-state index contributed by atoms with van der Waals surface area (Å²) in [5, 5.41) is 34.2. The number of hydrogen-bond acceptors (Lipinski definition) is 4. The zero-order valence-electron chi connectivity index (χ0n) is 20.9. The van der Waals surface area contributed by atoms with Crippen LogP contribution in [0.3, 0.4) is 0 Å². The third-order valence-electron chi connectivity index (χ3n) is 11.1. The van der Waals surface area contributed by atoms with Gasteiger partial charge in [-0.2, -0.15) is 0 Å². The third-order valence-corrected chi connectivity index (χ3v) is 11.1. The smallest absolute Gasteiger partial charge is 0.118 e. The molecular formula is C28H44O4. The first kappa shape index (κ1) is 23.1. The summed E-state index contributed by atoms with van der Waals surface area (Å²) in [7, 11) is 0. The molecule has 1 aliphatic heterocycles. The van der Waals surface area contributed by atoms with E-state index < -0.39 is 17.3 Å². The number of fused-ring (bicyclic) bond motifs is 3. The predicted octanol–water partition coefficient (Wildman–Crippen LogP) is 4.77. The number of ether oxygens (including phenoxy) is 1. The van der Waals surface area contributed by atoms with Gasteiger partial charge < -0.3 is 20.1 Å². The first-order chi connectivity index (χ1) is 14.9. The van der Waals surface area contributed by atoms with Crippen molar-refractivity contribution >= 4 is 0 Å². The van der Waals surface area contributed by atoms with Gasteiger partial charge in [0, 0.05) is 17.3 Å². The van der Waals surface area contributed by atoms with E-state index in [1.807, 2.05) is 0 Å². The Balaban J connectivity index is 1.50. The van der Waals surface area contributed by atoms with Gasteiger partial charge in [0.2, 0.25) is 0 Å². The fraction of sp³-hybridized carbons (Fsp3) is 0.857. The summed E-state index contributed by atoms with van der Waals surface area (Å²) in [6.45, 7) is 13.7. The molecule has 0 bridgehead atoms. The Hall–Kier alpha value is -0.680. The van der Waals surface area contributed by atoms with Gasteiger partial charge in [-0.25, -0.2) is 0 Å². The Morgan fingerprint density at radius 1 is 1.00 bits per heavy atom. The van der Waals surface area contributed by atoms with Gasteiger partial charge in [0.25, 0.3) is 0 Å². The van der Waals surface area contributed by atoms with E-state index >= 15 is 0 Å². The second-order valence-corrected chi connectivity index (χ2v) is 12.8. The van der Waals surface area contributed by atoms with Crippen molar-refractivity contribution in [3.63, 3.8) is 0 Å². The van der Waals surface area contributed by atoms with Crippen molar-refractivity contribution in [2.75, 3.05) is 0 Å². The van der Waals surface area contributed by atoms with Crippen LogP contribution in [0.5, 0.6) is 0 Å². The van der Waals surface area contributed by atoms with E-state index in [-0.39, 0.29) is 23.0 Å². The van der Waals surface area contributed by atoms with Crippen LogP contribution in [-0.2, 0) is 4.74 Å². The molecule has 10 atom stereocenters. The molecule has 1 spiro atoms. The normalized spacial score (nSPS) is 51.8. The summed E-state index contributed by atoms with van der Waals surface area (Å²) in [5.41, 5.74) is 0.331. The minimum atomic E-state index is -0.965. The van der Waals surface area contributed by atoms with Crippen LogP contribution < -0.4 is 0 Å². The van der Waals surface area contributed by atoms with E-state index in [1.165, 1.54) is 5.57 Å². The maximum absolute atomic E-state index is 12.4. The molecule has 0 aromatic heterocycles. The SMILES string of the molecule is CC(C)[C@@H](C)C=C[C@@H](C)[C@H]1CC[C@@]2(O)C3=C(CC[C@]12C)[C@@]1(C)CC[C@H](O)C[C@@]12O[C@H]2[C@@H]3O. The predicted molar refractivity (Wildman–Crippen MR) is 126 cm³/mol. The van der Waals surface area contributed by atoms with Gasteiger partial charge in [-0.05, 0) is 67.8 Å². The molecule has 0 aromatic rings. The van der Waals surface area contributed by atoms with E-state index in [1.54, 1.807) is 0 Å². The van der Waals surface area contributed by atoms with Gasteiger partial charge in [-0.1, -0.05) is 59.3 Å². The number of aliphatic hydroxyl groups is 3. The van der Waals surface area contributed by atoms with Gasteiger partial charge in [-0.3, -0.25) is 0 Å². The first-order valence-corrected chi connectivity index (χ1v) is 13.1. The van der Waals surface area contributed by atoms with Crippen molar-refractivity contribution < 1.29 is 20.1 Å². The molecule has 0 aromatic carbocycles. The zero-order valence-corrected chi connectivity index (χ0v) is 20.9. The molecule has 180 valence electrons. The largest absolute Gasteiger partial charge is 0.393 e. The standard InChI is InChI=1S/C28H44O4/c1-16(2)17(3)7-8-18(4)20-11-14-27(31)22-21(10-13-25(20,27)5)26(6)12-9-19(29)15-28(26)24(32-28)23(22)30/h7-8,16-20,23-24,29-31H,9-15H2,1-6H3/t17-,18+,19-,20+,23+,24-,25+,26+,27+,28-/m0/s1. The van der Waals surface area contributed by atoms with Gasteiger partial charge in [0.15, 0.2) is 0 Å². The molecule has 4 aliphatic carbocycles. The number of rotatable bonds is 4. The Morgan fingerprint density at radius 3 is 2.41 bits per heavy atom. The number of hydrogen-bond donors (Lipinski definition) is 3. The number of allylic oxidation sites excluding steroid dienone is 2. The van der Waals surface area contributed by atoms with E-state index in [4.69, 9.17) is 4.74 Å². The highest BCUT2D eigenvalue weighted by molar-refractivity contribution is 5.49. The van der Waals surface area contributed by atoms with Crippen LogP contribution in [0, 0.1) is 34.5 Å². The Bertz CT molecular complexity index is 846. The molecule has 5 rings (SSSR count). The first-order valence-electron chi connectivity index (χ1n) is 13.1. The lowest BCUT2D eigenvalue weighted by atomic mass is 9.48. The molecule has 0 amide bonds. The van der Waals surface area contributed by atoms with Crippen molar-refractivity contribution in [3.8, 4) is 0 Å². The molecule has 1 heterocycles. The van der Waals surface area contributed by atoms with Crippen molar-refractivity contribution in [3.05, 3.63) is 23.3 Å². The van der Waals surface area contributed by atoms with Gasteiger partial charge in [0.1, 0.15) is 17.8 Å². The van der Waals surface area contributed by atoms with Crippen LogP contribution >= 0.6 is 0 Å². The van der Waals surface area contributed by atoms with Crippen LogP contribution in [-0.4, -0.2) is 44.8 Å². The quantitative estimate of drug-likeness (QED) is 0.431. The van der Waals surface area contributed by atoms with Gasteiger partial charge >= 0.3 is 0 Å². The van der Waals surface area contributed by atoms with E-state index in [0.29, 0.717) is 30.1 Å². The Labute approximate surface area is 194 Å². The average Bonchev–Trinajstić information content (AvgIpc) is 3.38. The fourth-order valence-electron chi connectivity index (χ4n) is 8.45. The molecule has 32 heavy (non-hydrogen) atoms. The van der Waals surface area contributed by atoms with E-state index in [0.717, 1.165) is 44.1 Å². The van der Waals surface area contributed by atoms with Crippen LogP contribution in [0.25, 0.3) is 0 Å². The molecular weight excluding hydrogens is 400 g/mol. The van der Waals surface area contributed by atoms with Crippen LogP contribution in [0.4, 0.5) is 0 Å². The highest BCUT2D eigenvalue weighted by Crippen LogP contribution is 2.73.